The van der Waals surface area contributed by atoms with E-state index in [2.05, 4.69) is 9.72 Å². The van der Waals surface area contributed by atoms with Gasteiger partial charge in [0.15, 0.2) is 0 Å². The Morgan fingerprint density at radius 3 is 2.67 bits per heavy atom. The monoisotopic (exact) mass is 235 g/mol. The summed E-state index contributed by atoms with van der Waals surface area (Å²) in [6.07, 6.45) is -2.71. The van der Waals surface area contributed by atoms with E-state index < -0.39 is 18.1 Å². The second-order valence-corrected chi connectivity index (χ2v) is 3.18. The molecule has 15 heavy (non-hydrogen) atoms. The van der Waals surface area contributed by atoms with E-state index in [9.17, 15) is 13.6 Å². The summed E-state index contributed by atoms with van der Waals surface area (Å²) in [7, 11) is 1.18. The molecule has 0 aromatic carbocycles. The van der Waals surface area contributed by atoms with Crippen molar-refractivity contribution < 1.29 is 18.3 Å². The zero-order chi connectivity index (χ0) is 11.6. The van der Waals surface area contributed by atoms with Crippen LogP contribution >= 0.6 is 11.6 Å². The predicted octanol–water partition coefficient (Wildman–Crippen LogP) is 2.77. The lowest BCUT2D eigenvalue weighted by Crippen LogP contribution is -2.06. The SMILES string of the molecule is COC(=O)c1cc(C)c(C(F)F)nc1Cl. The van der Waals surface area contributed by atoms with Gasteiger partial charge >= 0.3 is 5.97 Å². The molecule has 0 amide bonds. The number of hydrogen-bond donors (Lipinski definition) is 0. The molecule has 82 valence electrons. The molecule has 0 spiro atoms. The highest BCUT2D eigenvalue weighted by atomic mass is 35.5. The fraction of sp³-hybridized carbons (Fsp3) is 0.333. The van der Waals surface area contributed by atoms with Crippen molar-refractivity contribution in [2.24, 2.45) is 0 Å². The molecule has 0 saturated heterocycles. The van der Waals surface area contributed by atoms with Crippen molar-refractivity contribution in [2.45, 2.75) is 13.3 Å². The van der Waals surface area contributed by atoms with E-state index in [1.54, 1.807) is 0 Å². The third kappa shape index (κ3) is 2.41. The molecule has 0 fully saturated rings. The number of hydrogen-bond acceptors (Lipinski definition) is 3. The molecule has 0 saturated carbocycles. The molecular formula is C9H8ClF2NO2. The van der Waals surface area contributed by atoms with Gasteiger partial charge in [-0.15, -0.1) is 0 Å². The Kier molecular flexibility index (Phi) is 3.57. The summed E-state index contributed by atoms with van der Waals surface area (Å²) < 4.78 is 29.2. The van der Waals surface area contributed by atoms with Gasteiger partial charge in [0, 0.05) is 0 Å². The first kappa shape index (κ1) is 11.8. The maximum absolute atomic E-state index is 12.4. The fourth-order valence-corrected chi connectivity index (χ4v) is 1.30. The third-order valence-electron chi connectivity index (χ3n) is 1.82. The van der Waals surface area contributed by atoms with Crippen molar-refractivity contribution in [2.75, 3.05) is 7.11 Å². The number of carbonyl (C=O) groups is 1. The summed E-state index contributed by atoms with van der Waals surface area (Å²) >= 11 is 5.57. The van der Waals surface area contributed by atoms with Gasteiger partial charge in [0.25, 0.3) is 6.43 Å². The van der Waals surface area contributed by atoms with Crippen LogP contribution in [-0.2, 0) is 4.74 Å². The van der Waals surface area contributed by atoms with E-state index in [4.69, 9.17) is 11.6 Å². The Balaban J connectivity index is 3.25. The van der Waals surface area contributed by atoms with Gasteiger partial charge in [-0.3, -0.25) is 0 Å². The Morgan fingerprint density at radius 2 is 2.20 bits per heavy atom. The summed E-state index contributed by atoms with van der Waals surface area (Å²) in [4.78, 5) is 14.6. The smallest absolute Gasteiger partial charge is 0.341 e. The van der Waals surface area contributed by atoms with Crippen molar-refractivity contribution in [3.8, 4) is 0 Å². The third-order valence-corrected chi connectivity index (χ3v) is 2.11. The molecule has 0 aliphatic rings. The van der Waals surface area contributed by atoms with Crippen LogP contribution in [-0.4, -0.2) is 18.1 Å². The van der Waals surface area contributed by atoms with Crippen LogP contribution in [0.25, 0.3) is 0 Å². The minimum atomic E-state index is -2.71. The highest BCUT2D eigenvalue weighted by Gasteiger charge is 2.19. The van der Waals surface area contributed by atoms with Crippen molar-refractivity contribution in [3.63, 3.8) is 0 Å². The second kappa shape index (κ2) is 4.53. The molecule has 1 rings (SSSR count). The average Bonchev–Trinajstić information content (AvgIpc) is 2.19. The van der Waals surface area contributed by atoms with Crippen LogP contribution in [0, 0.1) is 6.92 Å². The maximum atomic E-state index is 12.4. The first-order chi connectivity index (χ1) is 6.97. The van der Waals surface area contributed by atoms with Gasteiger partial charge in [0.2, 0.25) is 0 Å². The van der Waals surface area contributed by atoms with Crippen molar-refractivity contribution >= 4 is 17.6 Å². The van der Waals surface area contributed by atoms with Crippen LogP contribution in [0.5, 0.6) is 0 Å². The minimum absolute atomic E-state index is 0.0129. The van der Waals surface area contributed by atoms with Crippen molar-refractivity contribution in [3.05, 3.63) is 28.0 Å². The summed E-state index contributed by atoms with van der Waals surface area (Å²) in [5, 5.41) is -0.275. The molecular weight excluding hydrogens is 228 g/mol. The summed E-state index contributed by atoms with van der Waals surface area (Å²) in [6.45, 7) is 1.43. The number of esters is 1. The summed E-state index contributed by atoms with van der Waals surface area (Å²) in [5.74, 6) is -0.698. The van der Waals surface area contributed by atoms with Gasteiger partial charge in [-0.25, -0.2) is 18.6 Å². The van der Waals surface area contributed by atoms with Crippen LogP contribution in [0.3, 0.4) is 0 Å². The quantitative estimate of drug-likeness (QED) is 0.585. The molecule has 0 radical (unpaired) electrons. The molecule has 3 nitrogen and oxygen atoms in total. The number of alkyl halides is 2. The van der Waals surface area contributed by atoms with Gasteiger partial charge < -0.3 is 4.74 Å². The van der Waals surface area contributed by atoms with Crippen molar-refractivity contribution in [1.82, 2.24) is 4.98 Å². The fourth-order valence-electron chi connectivity index (χ4n) is 1.08. The lowest BCUT2D eigenvalue weighted by atomic mass is 10.1. The number of ether oxygens (including phenoxy) is 1. The number of nitrogens with zero attached hydrogens (tertiary/aromatic N) is 1. The lowest BCUT2D eigenvalue weighted by molar-refractivity contribution is 0.0599. The van der Waals surface area contributed by atoms with E-state index in [0.717, 1.165) is 0 Å². The predicted molar refractivity (Wildman–Crippen MR) is 50.3 cm³/mol. The van der Waals surface area contributed by atoms with E-state index >= 15 is 0 Å². The molecule has 0 N–H and O–H groups in total. The Bertz CT molecular complexity index is 396. The van der Waals surface area contributed by atoms with E-state index in [1.807, 2.05) is 0 Å². The highest BCUT2D eigenvalue weighted by molar-refractivity contribution is 6.32. The van der Waals surface area contributed by atoms with Gasteiger partial charge in [-0.1, -0.05) is 11.6 Å². The average molecular weight is 236 g/mol. The van der Waals surface area contributed by atoms with Crippen LogP contribution in [0.1, 0.15) is 28.0 Å². The molecule has 0 aliphatic heterocycles. The Morgan fingerprint density at radius 1 is 1.60 bits per heavy atom. The molecule has 1 aromatic heterocycles. The van der Waals surface area contributed by atoms with Crippen LogP contribution in [0.2, 0.25) is 5.15 Å². The number of aryl methyl sites for hydroxylation is 1. The number of aromatic nitrogens is 1. The number of carbonyl (C=O) groups excluding carboxylic acids is 1. The lowest BCUT2D eigenvalue weighted by Gasteiger charge is -2.07. The van der Waals surface area contributed by atoms with E-state index in [0.29, 0.717) is 0 Å². The summed E-state index contributed by atoms with van der Waals surface area (Å²) in [6, 6.07) is 1.24. The molecule has 0 atom stereocenters. The van der Waals surface area contributed by atoms with Crippen molar-refractivity contribution in [1.29, 1.82) is 0 Å². The molecule has 0 aliphatic carbocycles. The number of rotatable bonds is 2. The van der Waals surface area contributed by atoms with Crippen LogP contribution < -0.4 is 0 Å². The number of halogens is 3. The van der Waals surface area contributed by atoms with Gasteiger partial charge in [0.1, 0.15) is 10.8 Å². The maximum Gasteiger partial charge on any atom is 0.341 e. The van der Waals surface area contributed by atoms with Gasteiger partial charge in [0.05, 0.1) is 12.7 Å². The molecule has 0 bridgehead atoms. The van der Waals surface area contributed by atoms with Gasteiger partial charge in [-0.2, -0.15) is 0 Å². The largest absolute Gasteiger partial charge is 0.465 e. The first-order valence-electron chi connectivity index (χ1n) is 4.01. The Hall–Kier alpha value is -1.23. The number of pyridine rings is 1. The topological polar surface area (TPSA) is 39.2 Å². The molecule has 6 heteroatoms. The Labute approximate surface area is 90.0 Å². The second-order valence-electron chi connectivity index (χ2n) is 2.82. The van der Waals surface area contributed by atoms with Crippen LogP contribution in [0.15, 0.2) is 6.07 Å². The molecule has 1 aromatic rings. The minimum Gasteiger partial charge on any atom is -0.465 e. The zero-order valence-electron chi connectivity index (χ0n) is 8.05. The highest BCUT2D eigenvalue weighted by Crippen LogP contribution is 2.25. The normalized spacial score (nSPS) is 10.5. The zero-order valence-corrected chi connectivity index (χ0v) is 8.81. The van der Waals surface area contributed by atoms with E-state index in [1.165, 1.54) is 20.1 Å². The van der Waals surface area contributed by atoms with E-state index in [-0.39, 0.29) is 16.3 Å². The first-order valence-corrected chi connectivity index (χ1v) is 4.38. The van der Waals surface area contributed by atoms with Gasteiger partial charge in [-0.05, 0) is 18.6 Å². The summed E-state index contributed by atoms with van der Waals surface area (Å²) in [5.41, 5.74) is -0.233. The standard InChI is InChI=1S/C9H8ClF2NO2/c1-4-3-5(9(14)15-2)7(10)13-6(4)8(11)12/h3,8H,1-2H3. The number of methoxy groups -OCH3 is 1. The molecule has 1 heterocycles. The van der Waals surface area contributed by atoms with Crippen LogP contribution in [0.4, 0.5) is 8.78 Å². The molecule has 0 unspecified atom stereocenters.